The predicted octanol–water partition coefficient (Wildman–Crippen LogP) is 1.23. The van der Waals surface area contributed by atoms with Gasteiger partial charge in [-0.05, 0) is 49.8 Å². The summed E-state index contributed by atoms with van der Waals surface area (Å²) in [6, 6.07) is 3.39. The van der Waals surface area contributed by atoms with Gasteiger partial charge in [0.25, 0.3) is 5.91 Å². The molecule has 0 radical (unpaired) electrons. The second kappa shape index (κ2) is 10.6. The van der Waals surface area contributed by atoms with Crippen LogP contribution in [-0.4, -0.2) is 69.2 Å². The number of nitrogens with two attached hydrogens (primary N) is 1. The van der Waals surface area contributed by atoms with Gasteiger partial charge >= 0.3 is 12.1 Å². The third-order valence-electron chi connectivity index (χ3n) is 5.06. The molecule has 0 saturated carbocycles. The lowest BCUT2D eigenvalue weighted by Crippen LogP contribution is -2.46. The van der Waals surface area contributed by atoms with Gasteiger partial charge in [0.05, 0.1) is 6.61 Å². The van der Waals surface area contributed by atoms with Gasteiger partial charge in [0.2, 0.25) is 0 Å². The number of carboxylic acids is 1. The van der Waals surface area contributed by atoms with Crippen LogP contribution in [0.5, 0.6) is 5.75 Å². The van der Waals surface area contributed by atoms with E-state index < -0.39 is 30.8 Å². The number of carbonyl (C=O) groups excluding carboxylic acids is 1. The predicted molar refractivity (Wildman–Crippen MR) is 101 cm³/mol. The van der Waals surface area contributed by atoms with E-state index in [2.05, 4.69) is 0 Å². The lowest BCUT2D eigenvalue weighted by atomic mass is 9.84. The molecule has 1 fully saturated rings. The van der Waals surface area contributed by atoms with Crippen molar-refractivity contribution in [1.82, 2.24) is 4.90 Å². The van der Waals surface area contributed by atoms with Gasteiger partial charge in [-0.3, -0.25) is 4.79 Å². The van der Waals surface area contributed by atoms with Gasteiger partial charge in [0, 0.05) is 24.7 Å². The van der Waals surface area contributed by atoms with Crippen LogP contribution in [0.2, 0.25) is 0 Å². The van der Waals surface area contributed by atoms with Crippen molar-refractivity contribution in [2.24, 2.45) is 11.7 Å². The van der Waals surface area contributed by atoms with E-state index in [-0.39, 0.29) is 17.7 Å². The SMILES string of the molecule is Cc1cc(O)c([C@H](N)C2CCN(C(=O)[C@H](O)CO)CC2)cc1C.O=C(O)C(F)(F)F. The summed E-state index contributed by atoms with van der Waals surface area (Å²) in [6.45, 7) is 4.37. The molecule has 1 aromatic carbocycles. The van der Waals surface area contributed by atoms with Gasteiger partial charge in [-0.1, -0.05) is 6.07 Å². The summed E-state index contributed by atoms with van der Waals surface area (Å²) in [5.41, 5.74) is 9.20. The van der Waals surface area contributed by atoms with Crippen molar-refractivity contribution in [3.05, 3.63) is 28.8 Å². The van der Waals surface area contributed by atoms with Crippen molar-refractivity contribution in [2.45, 2.75) is 45.0 Å². The largest absolute Gasteiger partial charge is 0.508 e. The molecule has 1 aliphatic rings. The highest BCUT2D eigenvalue weighted by atomic mass is 19.4. The van der Waals surface area contributed by atoms with Crippen LogP contribution in [-0.2, 0) is 9.59 Å². The number of piperidine rings is 1. The fraction of sp³-hybridized carbons (Fsp3) is 0.579. The maximum absolute atomic E-state index is 11.9. The van der Waals surface area contributed by atoms with Gasteiger partial charge in [-0.2, -0.15) is 13.2 Å². The molecule has 0 aliphatic carbocycles. The molecule has 11 heteroatoms. The monoisotopic (exact) mass is 436 g/mol. The first-order valence-corrected chi connectivity index (χ1v) is 9.23. The number of hydrogen-bond acceptors (Lipinski definition) is 6. The highest BCUT2D eigenvalue weighted by molar-refractivity contribution is 5.80. The van der Waals surface area contributed by atoms with Gasteiger partial charge in [0.1, 0.15) is 5.75 Å². The van der Waals surface area contributed by atoms with Gasteiger partial charge in [-0.25, -0.2) is 4.79 Å². The highest BCUT2D eigenvalue weighted by Gasteiger charge is 2.38. The molecule has 6 N–H and O–H groups in total. The Kier molecular flexibility index (Phi) is 9.07. The molecule has 0 bridgehead atoms. The van der Waals surface area contributed by atoms with E-state index >= 15 is 0 Å². The second-order valence-corrected chi connectivity index (χ2v) is 7.19. The van der Waals surface area contributed by atoms with Gasteiger partial charge < -0.3 is 31.1 Å². The Labute approximate surface area is 171 Å². The van der Waals surface area contributed by atoms with Crippen molar-refractivity contribution in [3.63, 3.8) is 0 Å². The Balaban J connectivity index is 0.000000553. The maximum atomic E-state index is 11.9. The number of benzene rings is 1. The number of amides is 1. The van der Waals surface area contributed by atoms with Crippen molar-refractivity contribution in [2.75, 3.05) is 19.7 Å². The van der Waals surface area contributed by atoms with E-state index in [9.17, 15) is 28.2 Å². The number of alkyl halides is 3. The number of likely N-dealkylation sites (tertiary alicyclic amines) is 1. The number of aliphatic hydroxyl groups is 2. The maximum Gasteiger partial charge on any atom is 0.490 e. The van der Waals surface area contributed by atoms with E-state index in [1.54, 1.807) is 11.0 Å². The first kappa shape index (κ1) is 25.7. The Morgan fingerprint density at radius 3 is 2.10 bits per heavy atom. The van der Waals surface area contributed by atoms with Crippen LogP contribution in [0.4, 0.5) is 13.2 Å². The van der Waals surface area contributed by atoms with Gasteiger partial charge in [0.15, 0.2) is 6.10 Å². The average Bonchev–Trinajstić information content (AvgIpc) is 2.69. The average molecular weight is 436 g/mol. The molecule has 0 unspecified atom stereocenters. The van der Waals surface area contributed by atoms with Crippen LogP contribution < -0.4 is 5.73 Å². The lowest BCUT2D eigenvalue weighted by Gasteiger charge is -2.35. The van der Waals surface area contributed by atoms with E-state index in [0.717, 1.165) is 16.7 Å². The number of phenolic OH excluding ortho intramolecular Hbond substituents is 1. The molecular formula is C19H27F3N2O6. The normalized spacial score (nSPS) is 17.0. The molecular weight excluding hydrogens is 409 g/mol. The summed E-state index contributed by atoms with van der Waals surface area (Å²) in [5, 5.41) is 35.6. The Hall–Kier alpha value is -2.37. The summed E-state index contributed by atoms with van der Waals surface area (Å²) in [6.07, 6.45) is -5.02. The Bertz CT molecular complexity index is 749. The van der Waals surface area contributed by atoms with Crippen molar-refractivity contribution < 1.29 is 43.2 Å². The molecule has 1 heterocycles. The Morgan fingerprint density at radius 2 is 1.67 bits per heavy atom. The first-order chi connectivity index (χ1) is 13.8. The standard InChI is InChI=1S/C17H26N2O4.C2HF3O2/c1-10-7-13(14(21)8-11(10)2)16(18)12-3-5-19(6-4-12)17(23)15(22)9-20;3-2(4,5)1(6)7/h7-8,12,15-16,20-22H,3-6,9,18H2,1-2H3;(H,6,7)/t15-,16-;/m1./s1. The van der Waals surface area contributed by atoms with Crippen LogP contribution in [0, 0.1) is 19.8 Å². The molecule has 2 rings (SSSR count). The second-order valence-electron chi connectivity index (χ2n) is 7.19. The van der Waals surface area contributed by atoms with E-state index in [4.69, 9.17) is 20.7 Å². The molecule has 8 nitrogen and oxygen atoms in total. The number of rotatable bonds is 4. The highest BCUT2D eigenvalue weighted by Crippen LogP contribution is 2.34. The number of carboxylic acid groups (broad SMARTS) is 1. The molecule has 2 atom stereocenters. The molecule has 30 heavy (non-hydrogen) atoms. The van der Waals surface area contributed by atoms with Crippen LogP contribution in [0.15, 0.2) is 12.1 Å². The van der Waals surface area contributed by atoms with Crippen molar-refractivity contribution in [1.29, 1.82) is 0 Å². The van der Waals surface area contributed by atoms with E-state index in [1.807, 2.05) is 19.9 Å². The van der Waals surface area contributed by atoms with Crippen molar-refractivity contribution in [3.8, 4) is 5.75 Å². The zero-order valence-electron chi connectivity index (χ0n) is 16.7. The van der Waals surface area contributed by atoms with Crippen LogP contribution in [0.25, 0.3) is 0 Å². The summed E-state index contributed by atoms with van der Waals surface area (Å²) in [4.78, 5) is 22.3. The molecule has 1 amide bonds. The minimum absolute atomic E-state index is 0.165. The molecule has 0 aromatic heterocycles. The third kappa shape index (κ3) is 6.85. The number of aryl methyl sites for hydroxylation is 2. The number of aromatic hydroxyl groups is 1. The Morgan fingerprint density at radius 1 is 1.20 bits per heavy atom. The quantitative estimate of drug-likeness (QED) is 0.477. The summed E-state index contributed by atoms with van der Waals surface area (Å²) >= 11 is 0. The zero-order valence-corrected chi connectivity index (χ0v) is 16.7. The molecule has 1 aliphatic heterocycles. The molecule has 1 aromatic rings. The molecule has 0 spiro atoms. The number of aliphatic carboxylic acids is 1. The topological polar surface area (TPSA) is 144 Å². The van der Waals surface area contributed by atoms with E-state index in [1.165, 1.54) is 0 Å². The number of phenols is 1. The van der Waals surface area contributed by atoms with E-state index in [0.29, 0.717) is 25.9 Å². The van der Waals surface area contributed by atoms with Crippen LogP contribution >= 0.6 is 0 Å². The summed E-state index contributed by atoms with van der Waals surface area (Å²) in [5.74, 6) is -2.81. The minimum Gasteiger partial charge on any atom is -0.508 e. The fourth-order valence-corrected chi connectivity index (χ4v) is 3.11. The van der Waals surface area contributed by atoms with Gasteiger partial charge in [-0.15, -0.1) is 0 Å². The van der Waals surface area contributed by atoms with Crippen LogP contribution in [0.3, 0.4) is 0 Å². The molecule has 1 saturated heterocycles. The number of nitrogens with zero attached hydrogens (tertiary/aromatic N) is 1. The number of halogens is 3. The fourth-order valence-electron chi connectivity index (χ4n) is 3.11. The first-order valence-electron chi connectivity index (χ1n) is 9.23. The summed E-state index contributed by atoms with van der Waals surface area (Å²) < 4.78 is 31.7. The zero-order chi connectivity index (χ0) is 23.2. The summed E-state index contributed by atoms with van der Waals surface area (Å²) in [7, 11) is 0. The minimum atomic E-state index is -5.08. The molecule has 170 valence electrons. The third-order valence-corrected chi connectivity index (χ3v) is 5.06. The lowest BCUT2D eigenvalue weighted by molar-refractivity contribution is -0.192. The smallest absolute Gasteiger partial charge is 0.490 e. The van der Waals surface area contributed by atoms with Crippen molar-refractivity contribution >= 4 is 11.9 Å². The number of aliphatic hydroxyl groups excluding tert-OH is 2. The van der Waals surface area contributed by atoms with Crippen LogP contribution in [0.1, 0.15) is 35.6 Å². The number of carbonyl (C=O) groups is 2. The number of hydrogen-bond donors (Lipinski definition) is 5.